The van der Waals surface area contributed by atoms with Crippen LogP contribution in [0, 0.1) is 57.2 Å². The standard InChI is InChI=1S/C52H66O21/c1-47-15-27(65-19-21(47)5-9-49(3)40(47)24-7-11-51(49,45(62)70-24)72-43-36(59)34(57)32(55)28(16-53)68-43)22-13-25-31-30(38(22)66-25)39-41-48(2)14-26(20-8-12-64-18-20)67-42(61)23(48)6-10-50(41,4)52(31,46(63)71-39)73-44-37(60)35(58)33(56)29(17-54)69-44/h7-8,11-13,18,21,23-41,43-44,53-60H,5-6,9-10,14-17,19H2,1-4H3/t21-,23+,24-,25-,26+,27+,28-,29-,30+,31+,32-,33-,34+,35+,36-,37-,38+,39-,40+,41+,43+,44+,47-,48-,49-,50-,51+,52+/m1/s1. The molecule has 8 saturated heterocycles. The third-order valence-electron chi connectivity index (χ3n) is 21.3. The maximum Gasteiger partial charge on any atom is 0.343 e. The third-order valence-corrected chi connectivity index (χ3v) is 21.3. The van der Waals surface area contributed by atoms with E-state index in [0.717, 1.165) is 5.57 Å². The van der Waals surface area contributed by atoms with Crippen LogP contribution in [0.5, 0.6) is 0 Å². The Morgan fingerprint density at radius 3 is 2.03 bits per heavy atom. The van der Waals surface area contributed by atoms with Gasteiger partial charge in [0.05, 0.1) is 56.6 Å². The van der Waals surface area contributed by atoms with Gasteiger partial charge in [0.2, 0.25) is 0 Å². The van der Waals surface area contributed by atoms with Crippen molar-refractivity contribution in [3.05, 3.63) is 48.0 Å². The van der Waals surface area contributed by atoms with Crippen LogP contribution in [0.1, 0.15) is 77.9 Å². The number of carbonyl (C=O) groups excluding carboxylic acids is 3. The molecule has 1 aromatic rings. The molecule has 4 aliphatic carbocycles. The van der Waals surface area contributed by atoms with E-state index in [2.05, 4.69) is 6.92 Å². The maximum atomic E-state index is 15.2. The van der Waals surface area contributed by atoms with Gasteiger partial charge in [-0.2, -0.15) is 0 Å². The zero-order chi connectivity index (χ0) is 51.3. The minimum atomic E-state index is -1.92. The van der Waals surface area contributed by atoms with Crippen molar-refractivity contribution in [3.63, 3.8) is 0 Å². The molecule has 11 heterocycles. The first-order valence-electron chi connectivity index (χ1n) is 26.0. The molecule has 6 bridgehead atoms. The number of aliphatic hydroxyl groups excluding tert-OH is 8. The number of fused-ring (bicyclic) bond motifs is 6. The van der Waals surface area contributed by atoms with Gasteiger partial charge in [-0.05, 0) is 79.1 Å². The molecule has 0 amide bonds. The lowest BCUT2D eigenvalue weighted by Crippen LogP contribution is -2.82. The van der Waals surface area contributed by atoms with Gasteiger partial charge in [0, 0.05) is 40.1 Å². The molecule has 73 heavy (non-hydrogen) atoms. The van der Waals surface area contributed by atoms with E-state index < -0.39 is 180 Å². The third kappa shape index (κ3) is 6.14. The van der Waals surface area contributed by atoms with Crippen molar-refractivity contribution in [3.8, 4) is 0 Å². The average Bonchev–Trinajstić information content (AvgIpc) is 4.19. The number of carbonyl (C=O) groups is 3. The lowest BCUT2D eigenvalue weighted by atomic mass is 9.36. The van der Waals surface area contributed by atoms with Crippen LogP contribution >= 0.6 is 0 Å². The molecule has 0 radical (unpaired) electrons. The topological polar surface area (TPSA) is 309 Å². The monoisotopic (exact) mass is 1030 g/mol. The van der Waals surface area contributed by atoms with Crippen LogP contribution < -0.4 is 0 Å². The van der Waals surface area contributed by atoms with Crippen LogP contribution in [-0.4, -0.2) is 182 Å². The number of cyclic esters (lactones) is 1. The lowest BCUT2D eigenvalue weighted by Gasteiger charge is -2.72. The van der Waals surface area contributed by atoms with Crippen LogP contribution in [0.2, 0.25) is 0 Å². The number of furan rings is 1. The second kappa shape index (κ2) is 16.3. The van der Waals surface area contributed by atoms with E-state index >= 15 is 4.79 Å². The second-order valence-corrected chi connectivity index (χ2v) is 24.3. The molecule has 8 N–H and O–H groups in total. The summed E-state index contributed by atoms with van der Waals surface area (Å²) in [6.07, 6.45) is -9.40. The Balaban J connectivity index is 0.867. The number of hydrogen-bond donors (Lipinski definition) is 8. The Labute approximate surface area is 419 Å². The average molecular weight is 1030 g/mol. The molecule has 14 aliphatic rings. The predicted molar refractivity (Wildman–Crippen MR) is 239 cm³/mol. The van der Waals surface area contributed by atoms with E-state index in [4.69, 9.17) is 47.0 Å². The molecular weight excluding hydrogens is 961 g/mol. The summed E-state index contributed by atoms with van der Waals surface area (Å²) in [5, 5.41) is 86.0. The maximum absolute atomic E-state index is 15.2. The summed E-state index contributed by atoms with van der Waals surface area (Å²) in [6.45, 7) is 7.11. The van der Waals surface area contributed by atoms with Gasteiger partial charge >= 0.3 is 17.9 Å². The molecule has 11 fully saturated rings. The van der Waals surface area contributed by atoms with E-state index in [9.17, 15) is 50.4 Å². The van der Waals surface area contributed by atoms with Gasteiger partial charge in [0.25, 0.3) is 0 Å². The van der Waals surface area contributed by atoms with Gasteiger partial charge in [-0.3, -0.25) is 4.79 Å². The Bertz CT molecular complexity index is 2480. The number of ether oxygens (including phenoxy) is 9. The minimum absolute atomic E-state index is 0.00126. The molecule has 21 nitrogen and oxygen atoms in total. The highest BCUT2D eigenvalue weighted by Crippen LogP contribution is 2.76. The smallest absolute Gasteiger partial charge is 0.343 e. The van der Waals surface area contributed by atoms with Crippen LogP contribution in [0.4, 0.5) is 0 Å². The van der Waals surface area contributed by atoms with Gasteiger partial charge in [-0.1, -0.05) is 33.8 Å². The summed E-state index contributed by atoms with van der Waals surface area (Å²) in [6, 6.07) is 1.76. The molecular formula is C52H66O21. The number of esters is 3. The fourth-order valence-corrected chi connectivity index (χ4v) is 17.9. The molecule has 3 saturated carbocycles. The Morgan fingerprint density at radius 1 is 0.699 bits per heavy atom. The molecule has 10 aliphatic heterocycles. The summed E-state index contributed by atoms with van der Waals surface area (Å²) in [4.78, 5) is 43.7. The minimum Gasteiger partial charge on any atom is -0.472 e. The van der Waals surface area contributed by atoms with E-state index in [1.807, 2.05) is 26.8 Å². The van der Waals surface area contributed by atoms with E-state index in [1.165, 1.54) is 6.26 Å². The first-order chi connectivity index (χ1) is 34.7. The van der Waals surface area contributed by atoms with Crippen molar-refractivity contribution in [1.82, 2.24) is 0 Å². The second-order valence-electron chi connectivity index (χ2n) is 24.3. The quantitative estimate of drug-likeness (QED) is 0.0935. The van der Waals surface area contributed by atoms with Crippen molar-refractivity contribution in [2.75, 3.05) is 19.8 Å². The Morgan fingerprint density at radius 2 is 1.37 bits per heavy atom. The highest BCUT2D eigenvalue weighted by Gasteiger charge is 2.85. The molecule has 0 unspecified atom stereocenters. The fraction of sp³-hybridized carbons (Fsp3) is 0.788. The SMILES string of the molecule is C[C@@]12C[C@@H](C3=C[C@H]4O[C@@H]3[C@H]3[C@H]5OC(=O)[C@@](O[C@@H]6O[C@H](CO)[C@@H](O)[C@H](O)[C@H]6O)([C@H]34)[C@]3(C)CC[C@H]4C(=O)O[C@H](c6ccoc6)C[C@@]4(C)[C@H]53)OC[C@H]1CC[C@]1(C)[C@H]2[C@H]2C=C[C@]1(O[C@@H]1O[C@H](CO)[C@@H](O)[C@H](O)[C@H]1O)C(=O)O2. The fourth-order valence-electron chi connectivity index (χ4n) is 17.9. The normalized spacial score (nSPS) is 57.2. The van der Waals surface area contributed by atoms with E-state index in [0.29, 0.717) is 50.7 Å². The Kier molecular flexibility index (Phi) is 11.0. The summed E-state index contributed by atoms with van der Waals surface area (Å²) in [7, 11) is 0. The predicted octanol–water partition coefficient (Wildman–Crippen LogP) is -0.381. The highest BCUT2D eigenvalue weighted by molar-refractivity contribution is 5.87. The van der Waals surface area contributed by atoms with Gasteiger partial charge in [0.1, 0.15) is 67.1 Å². The van der Waals surface area contributed by atoms with Crippen molar-refractivity contribution in [2.45, 2.75) is 175 Å². The number of aliphatic hydroxyl groups is 8. The van der Waals surface area contributed by atoms with Crippen LogP contribution in [0.15, 0.2) is 46.8 Å². The number of rotatable bonds is 8. The molecule has 21 heteroatoms. The van der Waals surface area contributed by atoms with E-state index in [-0.39, 0.29) is 17.8 Å². The van der Waals surface area contributed by atoms with E-state index in [1.54, 1.807) is 24.5 Å². The highest BCUT2D eigenvalue weighted by atomic mass is 16.7. The first-order valence-corrected chi connectivity index (χ1v) is 26.0. The lowest BCUT2D eigenvalue weighted by molar-refractivity contribution is -0.388. The zero-order valence-electron chi connectivity index (χ0n) is 40.9. The Hall–Kier alpha value is -3.39. The summed E-state index contributed by atoms with van der Waals surface area (Å²) >= 11 is 0. The molecule has 1 aromatic heterocycles. The van der Waals surface area contributed by atoms with Gasteiger partial charge in [0.15, 0.2) is 23.8 Å². The first kappa shape index (κ1) is 49.2. The zero-order valence-corrected chi connectivity index (χ0v) is 40.9. The summed E-state index contributed by atoms with van der Waals surface area (Å²) < 4.78 is 63.8. The van der Waals surface area contributed by atoms with Crippen LogP contribution in [0.3, 0.4) is 0 Å². The van der Waals surface area contributed by atoms with Crippen LogP contribution in [0.25, 0.3) is 0 Å². The molecule has 0 aromatic carbocycles. The molecule has 0 spiro atoms. The largest absolute Gasteiger partial charge is 0.472 e. The van der Waals surface area contributed by atoms with Crippen molar-refractivity contribution < 1.29 is 102 Å². The van der Waals surface area contributed by atoms with Crippen LogP contribution in [-0.2, 0) is 57.0 Å². The van der Waals surface area contributed by atoms with Crippen molar-refractivity contribution in [2.24, 2.45) is 57.2 Å². The summed E-state index contributed by atoms with van der Waals surface area (Å²) in [5.74, 6) is -4.59. The van der Waals surface area contributed by atoms with Gasteiger partial charge < -0.3 is 87.9 Å². The number of hydrogen-bond acceptors (Lipinski definition) is 21. The van der Waals surface area contributed by atoms with Crippen molar-refractivity contribution in [1.29, 1.82) is 0 Å². The van der Waals surface area contributed by atoms with Gasteiger partial charge in [-0.25, -0.2) is 9.59 Å². The molecule has 15 rings (SSSR count). The summed E-state index contributed by atoms with van der Waals surface area (Å²) in [5.41, 5.74) is -5.70. The van der Waals surface area contributed by atoms with Crippen molar-refractivity contribution >= 4 is 17.9 Å². The molecule has 400 valence electrons. The van der Waals surface area contributed by atoms with Gasteiger partial charge in [-0.15, -0.1) is 0 Å². The molecule has 28 atom stereocenters.